The summed E-state index contributed by atoms with van der Waals surface area (Å²) in [4.78, 5) is 23.7. The average molecular weight is 371 g/mol. The molecule has 8 heteroatoms. The van der Waals surface area contributed by atoms with Crippen LogP contribution < -0.4 is 11.1 Å². The molecule has 0 aliphatic heterocycles. The Kier molecular flexibility index (Phi) is 5.69. The number of halogens is 4. The summed E-state index contributed by atoms with van der Waals surface area (Å²) in [5, 5.41) is 2.87. The Balaban J connectivity index is 2.15. The molecular weight excluding hydrogens is 357 g/mol. The van der Waals surface area contributed by atoms with E-state index in [9.17, 15) is 22.8 Å². The first-order chi connectivity index (χ1) is 11.7. The Bertz CT molecular complexity index is 776. The molecule has 1 atom stereocenters. The molecule has 0 fully saturated rings. The molecule has 0 aromatic heterocycles. The zero-order chi connectivity index (χ0) is 18.6. The van der Waals surface area contributed by atoms with E-state index in [2.05, 4.69) is 5.32 Å². The Hall–Kier alpha value is -2.54. The summed E-state index contributed by atoms with van der Waals surface area (Å²) in [6.45, 7) is 0. The third-order valence-electron chi connectivity index (χ3n) is 3.45. The second-order valence-corrected chi connectivity index (χ2v) is 5.77. The fourth-order valence-corrected chi connectivity index (χ4v) is 2.28. The van der Waals surface area contributed by atoms with Crippen LogP contribution in [0.1, 0.15) is 21.5 Å². The van der Waals surface area contributed by atoms with Gasteiger partial charge < -0.3 is 11.1 Å². The molecule has 0 aliphatic carbocycles. The number of alkyl halides is 3. The monoisotopic (exact) mass is 370 g/mol. The van der Waals surface area contributed by atoms with Crippen molar-refractivity contribution in [1.82, 2.24) is 5.32 Å². The summed E-state index contributed by atoms with van der Waals surface area (Å²) in [6.07, 6.45) is -4.47. The molecule has 0 bridgehead atoms. The Morgan fingerprint density at radius 1 is 1.12 bits per heavy atom. The molecule has 0 saturated carbocycles. The average Bonchev–Trinajstić information content (AvgIpc) is 2.55. The van der Waals surface area contributed by atoms with E-state index >= 15 is 0 Å². The summed E-state index contributed by atoms with van der Waals surface area (Å²) in [7, 11) is 0. The zero-order valence-electron chi connectivity index (χ0n) is 12.8. The molecule has 3 N–H and O–H groups in total. The first-order valence-electron chi connectivity index (χ1n) is 7.18. The van der Waals surface area contributed by atoms with Crippen LogP contribution in [0, 0.1) is 0 Å². The molecule has 0 radical (unpaired) electrons. The van der Waals surface area contributed by atoms with Gasteiger partial charge in [-0.3, -0.25) is 9.59 Å². The molecule has 0 saturated heterocycles. The van der Waals surface area contributed by atoms with Gasteiger partial charge in [0.15, 0.2) is 0 Å². The number of nitrogens with one attached hydrogen (secondary N) is 1. The minimum absolute atomic E-state index is 0.0944. The molecular formula is C17H14ClF3N2O2. The van der Waals surface area contributed by atoms with Gasteiger partial charge in [-0.2, -0.15) is 13.2 Å². The molecule has 0 unspecified atom stereocenters. The lowest BCUT2D eigenvalue weighted by molar-refractivity contribution is -0.137. The smallest absolute Gasteiger partial charge is 0.368 e. The van der Waals surface area contributed by atoms with E-state index in [1.807, 2.05) is 0 Å². The first kappa shape index (κ1) is 18.8. The van der Waals surface area contributed by atoms with Crippen molar-refractivity contribution in [3.8, 4) is 0 Å². The number of amides is 2. The normalized spacial score (nSPS) is 12.5. The van der Waals surface area contributed by atoms with Crippen molar-refractivity contribution in [1.29, 1.82) is 0 Å². The van der Waals surface area contributed by atoms with E-state index in [1.165, 1.54) is 6.07 Å². The van der Waals surface area contributed by atoms with Gasteiger partial charge in [0.25, 0.3) is 5.91 Å². The van der Waals surface area contributed by atoms with Crippen LogP contribution in [0.4, 0.5) is 13.2 Å². The number of rotatable bonds is 5. The lowest BCUT2D eigenvalue weighted by atomic mass is 10.0. The number of hydrogen-bond donors (Lipinski definition) is 2. The number of nitrogens with two attached hydrogens (primary N) is 1. The van der Waals surface area contributed by atoms with Crippen molar-refractivity contribution in [3.63, 3.8) is 0 Å². The van der Waals surface area contributed by atoms with Gasteiger partial charge in [0, 0.05) is 17.0 Å². The molecule has 0 heterocycles. The molecule has 2 aromatic carbocycles. The first-order valence-corrected chi connectivity index (χ1v) is 7.56. The van der Waals surface area contributed by atoms with Crippen molar-refractivity contribution in [2.75, 3.05) is 0 Å². The fraction of sp³-hybridized carbons (Fsp3) is 0.176. The lowest BCUT2D eigenvalue weighted by Crippen LogP contribution is -2.45. The molecule has 0 spiro atoms. The van der Waals surface area contributed by atoms with E-state index in [-0.39, 0.29) is 12.0 Å². The van der Waals surface area contributed by atoms with Gasteiger partial charge in [0.05, 0.1) is 5.56 Å². The van der Waals surface area contributed by atoms with Crippen LogP contribution in [0.15, 0.2) is 48.5 Å². The van der Waals surface area contributed by atoms with Crippen LogP contribution in [0.25, 0.3) is 0 Å². The minimum Gasteiger partial charge on any atom is -0.368 e. The van der Waals surface area contributed by atoms with Crippen molar-refractivity contribution in [2.45, 2.75) is 18.6 Å². The van der Waals surface area contributed by atoms with Crippen molar-refractivity contribution >= 4 is 23.4 Å². The predicted molar refractivity (Wildman–Crippen MR) is 87.0 cm³/mol. The molecule has 2 aromatic rings. The molecule has 132 valence electrons. The van der Waals surface area contributed by atoms with Crippen molar-refractivity contribution < 1.29 is 22.8 Å². The summed E-state index contributed by atoms with van der Waals surface area (Å²) in [6, 6.07) is 9.41. The maximum absolute atomic E-state index is 12.7. The highest BCUT2D eigenvalue weighted by Gasteiger charge is 2.31. The molecule has 25 heavy (non-hydrogen) atoms. The number of benzene rings is 2. The van der Waals surface area contributed by atoms with Gasteiger partial charge in [-0.1, -0.05) is 29.8 Å². The fourth-order valence-electron chi connectivity index (χ4n) is 2.16. The van der Waals surface area contributed by atoms with Crippen LogP contribution in [0.2, 0.25) is 5.02 Å². The van der Waals surface area contributed by atoms with Gasteiger partial charge in [0.2, 0.25) is 5.91 Å². The number of primary amides is 1. The van der Waals surface area contributed by atoms with Crippen LogP contribution in [-0.2, 0) is 17.4 Å². The number of carbonyl (C=O) groups is 2. The molecule has 0 aliphatic rings. The summed E-state index contributed by atoms with van der Waals surface area (Å²) < 4.78 is 38.2. The van der Waals surface area contributed by atoms with E-state index in [0.29, 0.717) is 10.6 Å². The molecule has 2 amide bonds. The van der Waals surface area contributed by atoms with E-state index < -0.39 is 29.6 Å². The molecule has 4 nitrogen and oxygen atoms in total. The summed E-state index contributed by atoms with van der Waals surface area (Å²) >= 11 is 5.77. The maximum atomic E-state index is 12.7. The highest BCUT2D eigenvalue weighted by atomic mass is 35.5. The molecule has 2 rings (SSSR count). The van der Waals surface area contributed by atoms with Crippen molar-refractivity contribution in [2.24, 2.45) is 5.73 Å². The quantitative estimate of drug-likeness (QED) is 0.848. The summed E-state index contributed by atoms with van der Waals surface area (Å²) in [5.74, 6) is -1.61. The van der Waals surface area contributed by atoms with Crippen LogP contribution in [0.5, 0.6) is 0 Å². The SMILES string of the molecule is NC(=O)[C@@H](Cc1ccc(Cl)cc1)NC(=O)c1cccc(C(F)(F)F)c1. The van der Waals surface area contributed by atoms with E-state index in [0.717, 1.165) is 18.2 Å². The van der Waals surface area contributed by atoms with Gasteiger partial charge in [-0.25, -0.2) is 0 Å². The second-order valence-electron chi connectivity index (χ2n) is 5.34. The minimum atomic E-state index is -4.57. The largest absolute Gasteiger partial charge is 0.416 e. The predicted octanol–water partition coefficient (Wildman–Crippen LogP) is 3.19. The Morgan fingerprint density at radius 3 is 2.32 bits per heavy atom. The van der Waals surface area contributed by atoms with E-state index in [4.69, 9.17) is 17.3 Å². The van der Waals surface area contributed by atoms with Crippen LogP contribution >= 0.6 is 11.6 Å². The van der Waals surface area contributed by atoms with Crippen molar-refractivity contribution in [3.05, 3.63) is 70.2 Å². The topological polar surface area (TPSA) is 72.2 Å². The van der Waals surface area contributed by atoms with Crippen LogP contribution in [0.3, 0.4) is 0 Å². The second kappa shape index (κ2) is 7.57. The van der Waals surface area contributed by atoms with Gasteiger partial charge in [-0.15, -0.1) is 0 Å². The third-order valence-corrected chi connectivity index (χ3v) is 3.71. The third kappa shape index (κ3) is 5.22. The van der Waals surface area contributed by atoms with Gasteiger partial charge in [-0.05, 0) is 35.9 Å². The Labute approximate surface area is 146 Å². The highest BCUT2D eigenvalue weighted by molar-refractivity contribution is 6.30. The van der Waals surface area contributed by atoms with Crippen LogP contribution in [-0.4, -0.2) is 17.9 Å². The maximum Gasteiger partial charge on any atom is 0.416 e. The lowest BCUT2D eigenvalue weighted by Gasteiger charge is -2.16. The van der Waals surface area contributed by atoms with Gasteiger partial charge >= 0.3 is 6.18 Å². The zero-order valence-corrected chi connectivity index (χ0v) is 13.6. The number of hydrogen-bond acceptors (Lipinski definition) is 2. The van der Waals surface area contributed by atoms with Gasteiger partial charge in [0.1, 0.15) is 6.04 Å². The number of carbonyl (C=O) groups excluding carboxylic acids is 2. The Morgan fingerprint density at radius 2 is 1.76 bits per heavy atom. The standard InChI is InChI=1S/C17H14ClF3N2O2/c18-13-6-4-10(5-7-13)8-14(15(22)24)23-16(25)11-2-1-3-12(9-11)17(19,20)21/h1-7,9,14H,8H2,(H2,22,24)(H,23,25)/t14-/m1/s1. The summed E-state index contributed by atoms with van der Waals surface area (Å²) in [5.41, 5.74) is 4.81. The van der Waals surface area contributed by atoms with E-state index in [1.54, 1.807) is 24.3 Å². The highest BCUT2D eigenvalue weighted by Crippen LogP contribution is 2.29.